The molecule has 0 aromatic rings. The first-order valence-corrected chi connectivity index (χ1v) is 5.89. The molecular weight excluding hydrogens is 238 g/mol. The van der Waals surface area contributed by atoms with Gasteiger partial charge in [-0.1, -0.05) is 6.92 Å². The molecule has 0 saturated carbocycles. The van der Waals surface area contributed by atoms with Gasteiger partial charge in [0.05, 0.1) is 0 Å². The highest BCUT2D eigenvalue weighted by Crippen LogP contribution is 2.33. The van der Waals surface area contributed by atoms with E-state index in [0.29, 0.717) is 25.8 Å². The van der Waals surface area contributed by atoms with Crippen LogP contribution in [0.25, 0.3) is 0 Å². The summed E-state index contributed by atoms with van der Waals surface area (Å²) in [4.78, 5) is 36.8. The zero-order chi connectivity index (χ0) is 13.9. The molecule has 0 aliphatic carbocycles. The highest BCUT2D eigenvalue weighted by molar-refractivity contribution is 5.88. The topological polar surface area (TPSA) is 104 Å². The zero-order valence-corrected chi connectivity index (χ0v) is 10.7. The largest absolute Gasteiger partial charge is 0.479 e. The van der Waals surface area contributed by atoms with Gasteiger partial charge in [-0.3, -0.25) is 4.79 Å². The summed E-state index contributed by atoms with van der Waals surface area (Å²) in [5.74, 6) is -1.62. The smallest absolute Gasteiger partial charge is 0.329 e. The number of nitrogens with two attached hydrogens (primary N) is 1. The van der Waals surface area contributed by atoms with Gasteiger partial charge in [0, 0.05) is 13.6 Å². The molecule has 1 aliphatic heterocycles. The lowest BCUT2D eigenvalue weighted by atomic mass is 9.93. The van der Waals surface area contributed by atoms with E-state index in [-0.39, 0.29) is 6.54 Å². The van der Waals surface area contributed by atoms with Crippen LogP contribution in [0.1, 0.15) is 26.2 Å². The monoisotopic (exact) mass is 257 g/mol. The molecule has 0 spiro atoms. The molecule has 1 atom stereocenters. The van der Waals surface area contributed by atoms with Gasteiger partial charge in [0.2, 0.25) is 5.91 Å². The Morgan fingerprint density at radius 2 is 2.06 bits per heavy atom. The summed E-state index contributed by atoms with van der Waals surface area (Å²) in [6.07, 6.45) is 1.43. The number of hydrogen-bond donors (Lipinski definition) is 2. The van der Waals surface area contributed by atoms with E-state index in [4.69, 9.17) is 5.73 Å². The first-order chi connectivity index (χ1) is 8.35. The van der Waals surface area contributed by atoms with Crippen LogP contribution in [0.15, 0.2) is 0 Å². The zero-order valence-electron chi connectivity index (χ0n) is 10.7. The van der Waals surface area contributed by atoms with Gasteiger partial charge in [-0.15, -0.1) is 0 Å². The van der Waals surface area contributed by atoms with Gasteiger partial charge >= 0.3 is 12.0 Å². The normalized spacial score (nSPS) is 22.9. The van der Waals surface area contributed by atoms with Crippen LogP contribution < -0.4 is 5.73 Å². The molecule has 1 unspecified atom stereocenters. The Labute approximate surface area is 106 Å². The summed E-state index contributed by atoms with van der Waals surface area (Å²) in [7, 11) is 1.44. The number of carbonyl (C=O) groups is 3. The quantitative estimate of drug-likeness (QED) is 0.731. The molecule has 1 saturated heterocycles. The van der Waals surface area contributed by atoms with Crippen LogP contribution in [-0.2, 0) is 9.59 Å². The van der Waals surface area contributed by atoms with Gasteiger partial charge in [-0.25, -0.2) is 9.59 Å². The van der Waals surface area contributed by atoms with Gasteiger partial charge in [0.1, 0.15) is 12.1 Å². The summed E-state index contributed by atoms with van der Waals surface area (Å²) in [5, 5.41) is 9.34. The van der Waals surface area contributed by atoms with Crippen molar-refractivity contribution in [2.24, 2.45) is 5.73 Å². The van der Waals surface area contributed by atoms with Crippen LogP contribution >= 0.6 is 0 Å². The first-order valence-electron chi connectivity index (χ1n) is 5.89. The maximum atomic E-state index is 12.1. The molecule has 3 N–H and O–H groups in total. The maximum Gasteiger partial charge on any atom is 0.329 e. The number of nitrogens with zero attached hydrogens (tertiary/aromatic N) is 2. The van der Waals surface area contributed by atoms with Crippen LogP contribution in [0.5, 0.6) is 0 Å². The maximum absolute atomic E-state index is 12.1. The summed E-state index contributed by atoms with van der Waals surface area (Å²) < 4.78 is 0. The van der Waals surface area contributed by atoms with Gasteiger partial charge in [0.15, 0.2) is 0 Å². The fourth-order valence-corrected chi connectivity index (χ4v) is 2.41. The lowest BCUT2D eigenvalue weighted by Crippen LogP contribution is -2.56. The molecule has 0 aromatic heterocycles. The summed E-state index contributed by atoms with van der Waals surface area (Å²) in [6, 6.07) is -0.462. The number of aliphatic carboxylic acids is 1. The Bertz CT molecular complexity index is 371. The minimum absolute atomic E-state index is 0.214. The van der Waals surface area contributed by atoms with E-state index in [1.165, 1.54) is 11.9 Å². The highest BCUT2D eigenvalue weighted by Gasteiger charge is 2.49. The number of carbonyl (C=O) groups excluding carboxylic acids is 2. The lowest BCUT2D eigenvalue weighted by molar-refractivity contribution is -0.148. The number of rotatable bonds is 4. The fraction of sp³-hybridized carbons (Fsp3) is 0.727. The van der Waals surface area contributed by atoms with Crippen LogP contribution in [0.2, 0.25) is 0 Å². The second-order valence-corrected chi connectivity index (χ2v) is 4.55. The van der Waals surface area contributed by atoms with Crippen LogP contribution in [0, 0.1) is 0 Å². The predicted molar refractivity (Wildman–Crippen MR) is 63.8 cm³/mol. The van der Waals surface area contributed by atoms with Crippen molar-refractivity contribution in [2.45, 2.75) is 31.7 Å². The van der Waals surface area contributed by atoms with Crippen molar-refractivity contribution in [3.8, 4) is 0 Å². The molecule has 18 heavy (non-hydrogen) atoms. The molecule has 0 bridgehead atoms. The molecule has 0 aromatic carbocycles. The van der Waals surface area contributed by atoms with E-state index in [0.717, 1.165) is 4.90 Å². The number of amides is 3. The third-order valence-electron chi connectivity index (χ3n) is 3.42. The Hall–Kier alpha value is -1.79. The molecule has 102 valence electrons. The minimum Gasteiger partial charge on any atom is -0.479 e. The standard InChI is InChI=1S/C11H19N3O4/c1-3-11(9(16)17)5-4-6-14(11)10(18)13(2)7-8(12)15/h3-7H2,1-2H3,(H2,12,15)(H,16,17). The van der Waals surface area contributed by atoms with Gasteiger partial charge < -0.3 is 20.6 Å². The van der Waals surface area contributed by atoms with Crippen molar-refractivity contribution < 1.29 is 19.5 Å². The van der Waals surface area contributed by atoms with Crippen molar-refractivity contribution in [3.05, 3.63) is 0 Å². The number of carboxylic acid groups (broad SMARTS) is 1. The van der Waals surface area contributed by atoms with E-state index >= 15 is 0 Å². The highest BCUT2D eigenvalue weighted by atomic mass is 16.4. The number of likely N-dealkylation sites (tertiary alicyclic amines) is 1. The van der Waals surface area contributed by atoms with Crippen LogP contribution in [0.4, 0.5) is 4.79 Å². The Balaban J connectivity index is 2.90. The first kappa shape index (κ1) is 14.3. The van der Waals surface area contributed by atoms with E-state index in [2.05, 4.69) is 0 Å². The lowest BCUT2D eigenvalue weighted by Gasteiger charge is -2.36. The van der Waals surface area contributed by atoms with Crippen molar-refractivity contribution in [3.63, 3.8) is 0 Å². The average molecular weight is 257 g/mol. The van der Waals surface area contributed by atoms with Crippen LogP contribution in [0.3, 0.4) is 0 Å². The predicted octanol–water partition coefficient (Wildman–Crippen LogP) is -0.147. The second kappa shape index (κ2) is 5.24. The van der Waals surface area contributed by atoms with Gasteiger partial charge in [-0.05, 0) is 19.3 Å². The number of urea groups is 1. The summed E-state index contributed by atoms with van der Waals surface area (Å²) in [5.41, 5.74) is 3.87. The van der Waals surface area contributed by atoms with Gasteiger partial charge in [-0.2, -0.15) is 0 Å². The van der Waals surface area contributed by atoms with E-state index in [1.807, 2.05) is 0 Å². The molecule has 1 rings (SSSR count). The van der Waals surface area contributed by atoms with Gasteiger partial charge in [0.25, 0.3) is 0 Å². The van der Waals surface area contributed by atoms with E-state index in [1.54, 1.807) is 6.92 Å². The molecule has 1 fully saturated rings. The second-order valence-electron chi connectivity index (χ2n) is 4.55. The van der Waals surface area contributed by atoms with Crippen molar-refractivity contribution in [1.82, 2.24) is 9.80 Å². The summed E-state index contributed by atoms with van der Waals surface area (Å²) in [6.45, 7) is 1.92. The van der Waals surface area contributed by atoms with Crippen molar-refractivity contribution in [2.75, 3.05) is 20.1 Å². The SMILES string of the molecule is CCC1(C(=O)O)CCCN1C(=O)N(C)CC(N)=O. The molecule has 7 nitrogen and oxygen atoms in total. The number of carboxylic acids is 1. The van der Waals surface area contributed by atoms with Crippen molar-refractivity contribution in [1.29, 1.82) is 0 Å². The molecule has 1 aliphatic rings. The third kappa shape index (κ3) is 2.39. The average Bonchev–Trinajstić information content (AvgIpc) is 2.71. The minimum atomic E-state index is -1.15. The number of hydrogen-bond acceptors (Lipinski definition) is 3. The Morgan fingerprint density at radius 3 is 2.50 bits per heavy atom. The molecule has 3 amide bonds. The Kier molecular flexibility index (Phi) is 4.15. The fourth-order valence-electron chi connectivity index (χ4n) is 2.41. The van der Waals surface area contributed by atoms with Crippen molar-refractivity contribution >= 4 is 17.9 Å². The molecule has 0 radical (unpaired) electrons. The van der Waals surface area contributed by atoms with E-state index < -0.39 is 23.4 Å². The Morgan fingerprint density at radius 1 is 1.44 bits per heavy atom. The summed E-state index contributed by atoms with van der Waals surface area (Å²) >= 11 is 0. The number of primary amides is 1. The molecule has 7 heteroatoms. The van der Waals surface area contributed by atoms with Crippen LogP contribution in [-0.4, -0.2) is 58.5 Å². The number of likely N-dealkylation sites (N-methyl/N-ethyl adjacent to an activating group) is 1. The third-order valence-corrected chi connectivity index (χ3v) is 3.42. The molecular formula is C11H19N3O4. The molecule has 1 heterocycles. The van der Waals surface area contributed by atoms with E-state index in [9.17, 15) is 19.5 Å².